The van der Waals surface area contributed by atoms with E-state index in [1.165, 1.54) is 12.8 Å². The summed E-state index contributed by atoms with van der Waals surface area (Å²) in [6, 6.07) is 8.33. The van der Waals surface area contributed by atoms with Crippen LogP contribution in [-0.4, -0.2) is 37.0 Å². The lowest BCUT2D eigenvalue weighted by Gasteiger charge is -2.40. The Hall–Kier alpha value is -2.04. The number of rotatable bonds is 7. The van der Waals surface area contributed by atoms with Gasteiger partial charge in [0.25, 0.3) is 0 Å². The molecule has 3 rings (SSSR count). The second-order valence-corrected chi connectivity index (χ2v) is 7.89. The number of hydrogen-bond donors (Lipinski definition) is 2. The van der Waals surface area contributed by atoms with Crippen molar-refractivity contribution in [1.82, 2.24) is 10.6 Å². The quantitative estimate of drug-likeness (QED) is 0.789. The van der Waals surface area contributed by atoms with Crippen LogP contribution in [0.3, 0.4) is 0 Å². The van der Waals surface area contributed by atoms with Crippen molar-refractivity contribution >= 4 is 17.5 Å². The molecule has 1 saturated carbocycles. The lowest BCUT2D eigenvalue weighted by atomic mass is 9.85. The Labute approximate surface area is 156 Å². The molecule has 0 bridgehead atoms. The number of carbonyl (C=O) groups excluding carboxylic acids is 2. The molecular formula is C21H31N3O2. The zero-order valence-corrected chi connectivity index (χ0v) is 16.1. The molecule has 5 heteroatoms. The van der Waals surface area contributed by atoms with Gasteiger partial charge in [-0.3, -0.25) is 9.59 Å². The third-order valence-corrected chi connectivity index (χ3v) is 5.65. The Balaban J connectivity index is 1.74. The summed E-state index contributed by atoms with van der Waals surface area (Å²) >= 11 is 0. The zero-order valence-electron chi connectivity index (χ0n) is 16.1. The second kappa shape index (κ2) is 8.11. The van der Waals surface area contributed by atoms with Crippen LogP contribution in [0.2, 0.25) is 0 Å². The summed E-state index contributed by atoms with van der Waals surface area (Å²) in [6.07, 6.45) is 4.12. The molecule has 1 aliphatic heterocycles. The molecule has 26 heavy (non-hydrogen) atoms. The third kappa shape index (κ3) is 4.37. The minimum atomic E-state index is -0.152. The van der Waals surface area contributed by atoms with Crippen LogP contribution in [-0.2, 0) is 9.59 Å². The highest BCUT2D eigenvalue weighted by Crippen LogP contribution is 2.38. The van der Waals surface area contributed by atoms with Gasteiger partial charge in [0.15, 0.2) is 0 Å². The minimum absolute atomic E-state index is 0.0704. The number of anilines is 1. The number of amides is 2. The molecule has 1 aromatic carbocycles. The second-order valence-electron chi connectivity index (χ2n) is 7.89. The molecule has 5 nitrogen and oxygen atoms in total. The lowest BCUT2D eigenvalue weighted by Crippen LogP contribution is -2.48. The maximum absolute atomic E-state index is 12.8. The Morgan fingerprint density at radius 1 is 1.27 bits per heavy atom. The summed E-state index contributed by atoms with van der Waals surface area (Å²) in [7, 11) is 0. The lowest BCUT2D eigenvalue weighted by molar-refractivity contribution is -0.123. The topological polar surface area (TPSA) is 61.4 Å². The third-order valence-electron chi connectivity index (χ3n) is 5.65. The van der Waals surface area contributed by atoms with Crippen LogP contribution in [0.1, 0.15) is 57.9 Å². The number of hydrogen-bond acceptors (Lipinski definition) is 3. The van der Waals surface area contributed by atoms with E-state index in [0.29, 0.717) is 12.5 Å². The standard InChI is InChI=1S/C21H31N3O2/c1-4-14(2)23-21(26)18-11-15(3)24(19-8-6-5-7-17(18)19)13-20(25)22-12-16-9-10-16/h5-8,14-16,18H,4,9-13H2,1-3H3,(H,22,25)(H,23,26)/t14-,15+,18+/m0/s1. The first-order chi connectivity index (χ1) is 12.5. The minimum Gasteiger partial charge on any atom is -0.359 e. The molecule has 1 fully saturated rings. The van der Waals surface area contributed by atoms with Gasteiger partial charge in [-0.2, -0.15) is 0 Å². The fourth-order valence-electron chi connectivity index (χ4n) is 3.60. The van der Waals surface area contributed by atoms with Crippen LogP contribution in [0.25, 0.3) is 0 Å². The maximum atomic E-state index is 12.8. The average molecular weight is 357 g/mol. The molecule has 1 aromatic rings. The van der Waals surface area contributed by atoms with E-state index in [1.807, 2.05) is 31.2 Å². The van der Waals surface area contributed by atoms with E-state index in [1.54, 1.807) is 0 Å². The summed E-state index contributed by atoms with van der Waals surface area (Å²) in [4.78, 5) is 27.3. The van der Waals surface area contributed by atoms with E-state index in [9.17, 15) is 9.59 Å². The van der Waals surface area contributed by atoms with Crippen LogP contribution in [0.5, 0.6) is 0 Å². The van der Waals surface area contributed by atoms with Gasteiger partial charge in [-0.15, -0.1) is 0 Å². The first-order valence-corrected chi connectivity index (χ1v) is 9.92. The van der Waals surface area contributed by atoms with Gasteiger partial charge in [-0.25, -0.2) is 0 Å². The molecule has 2 amide bonds. The fraction of sp³-hybridized carbons (Fsp3) is 0.619. The fourth-order valence-corrected chi connectivity index (χ4v) is 3.60. The van der Waals surface area contributed by atoms with Gasteiger partial charge in [-0.05, 0) is 57.1 Å². The van der Waals surface area contributed by atoms with Crippen LogP contribution in [0, 0.1) is 5.92 Å². The highest BCUT2D eigenvalue weighted by molar-refractivity contribution is 5.88. The van der Waals surface area contributed by atoms with E-state index in [0.717, 1.165) is 30.6 Å². The predicted molar refractivity (Wildman–Crippen MR) is 104 cm³/mol. The molecule has 0 spiro atoms. The zero-order chi connectivity index (χ0) is 18.7. The summed E-state index contributed by atoms with van der Waals surface area (Å²) in [5.41, 5.74) is 2.04. The molecule has 0 unspecified atom stereocenters. The van der Waals surface area contributed by atoms with Gasteiger partial charge in [0, 0.05) is 24.3 Å². The molecule has 0 saturated heterocycles. The van der Waals surface area contributed by atoms with Crippen molar-refractivity contribution in [2.24, 2.45) is 5.92 Å². The average Bonchev–Trinajstić information content (AvgIpc) is 3.46. The van der Waals surface area contributed by atoms with Crippen LogP contribution < -0.4 is 15.5 Å². The van der Waals surface area contributed by atoms with E-state index < -0.39 is 0 Å². The van der Waals surface area contributed by atoms with Crippen molar-refractivity contribution in [3.8, 4) is 0 Å². The smallest absolute Gasteiger partial charge is 0.239 e. The number of carbonyl (C=O) groups is 2. The molecule has 2 aliphatic rings. The molecular weight excluding hydrogens is 326 g/mol. The van der Waals surface area contributed by atoms with E-state index in [-0.39, 0.29) is 29.8 Å². The van der Waals surface area contributed by atoms with Crippen LogP contribution >= 0.6 is 0 Å². The number of para-hydroxylation sites is 1. The van der Waals surface area contributed by atoms with Gasteiger partial charge in [0.1, 0.15) is 0 Å². The van der Waals surface area contributed by atoms with E-state index in [4.69, 9.17) is 0 Å². The van der Waals surface area contributed by atoms with Crippen molar-refractivity contribution in [3.63, 3.8) is 0 Å². The van der Waals surface area contributed by atoms with Crippen molar-refractivity contribution < 1.29 is 9.59 Å². The number of fused-ring (bicyclic) bond motifs is 1. The van der Waals surface area contributed by atoms with Gasteiger partial charge < -0.3 is 15.5 Å². The molecule has 3 atom stereocenters. The van der Waals surface area contributed by atoms with Crippen molar-refractivity contribution in [2.45, 2.75) is 64.5 Å². The SMILES string of the molecule is CC[C@H](C)NC(=O)[C@@H]1C[C@@H](C)N(CC(=O)NCC2CC2)c2ccccc21. The van der Waals surface area contributed by atoms with Crippen LogP contribution in [0.4, 0.5) is 5.69 Å². The first kappa shape index (κ1) is 18.7. The monoisotopic (exact) mass is 357 g/mol. The summed E-state index contributed by atoms with van der Waals surface area (Å²) in [6.45, 7) is 7.36. The number of benzene rings is 1. The first-order valence-electron chi connectivity index (χ1n) is 9.92. The predicted octanol–water partition coefficient (Wildman–Crippen LogP) is 2.81. The maximum Gasteiger partial charge on any atom is 0.239 e. The summed E-state index contributed by atoms with van der Waals surface area (Å²) in [5, 5.41) is 6.17. The molecule has 1 aliphatic carbocycles. The van der Waals surface area contributed by atoms with E-state index >= 15 is 0 Å². The Morgan fingerprint density at radius 3 is 2.69 bits per heavy atom. The van der Waals surface area contributed by atoms with E-state index in [2.05, 4.69) is 29.4 Å². The number of nitrogens with one attached hydrogen (secondary N) is 2. The van der Waals surface area contributed by atoms with Gasteiger partial charge in [0.2, 0.25) is 11.8 Å². The van der Waals surface area contributed by atoms with Crippen molar-refractivity contribution in [2.75, 3.05) is 18.0 Å². The molecule has 0 aromatic heterocycles. The Morgan fingerprint density at radius 2 is 2.00 bits per heavy atom. The Bertz CT molecular complexity index is 656. The molecule has 142 valence electrons. The van der Waals surface area contributed by atoms with Gasteiger partial charge in [0.05, 0.1) is 12.5 Å². The van der Waals surface area contributed by atoms with Crippen molar-refractivity contribution in [3.05, 3.63) is 29.8 Å². The van der Waals surface area contributed by atoms with Crippen molar-refractivity contribution in [1.29, 1.82) is 0 Å². The summed E-state index contributed by atoms with van der Waals surface area (Å²) < 4.78 is 0. The normalized spacial score (nSPS) is 23.1. The van der Waals surface area contributed by atoms with Crippen LogP contribution in [0.15, 0.2) is 24.3 Å². The molecule has 0 radical (unpaired) electrons. The molecule has 2 N–H and O–H groups in total. The largest absolute Gasteiger partial charge is 0.359 e. The number of nitrogens with zero attached hydrogens (tertiary/aromatic N) is 1. The highest BCUT2D eigenvalue weighted by atomic mass is 16.2. The molecule has 1 heterocycles. The van der Waals surface area contributed by atoms with Gasteiger partial charge >= 0.3 is 0 Å². The highest BCUT2D eigenvalue weighted by Gasteiger charge is 2.35. The van der Waals surface area contributed by atoms with Gasteiger partial charge in [-0.1, -0.05) is 25.1 Å². The summed E-state index contributed by atoms with van der Waals surface area (Å²) in [5.74, 6) is 0.692. The Kier molecular flexibility index (Phi) is 5.84.